The van der Waals surface area contributed by atoms with Crippen LogP contribution in [0.5, 0.6) is 0 Å². The number of carbonyl (C=O) groups is 1. The highest BCUT2D eigenvalue weighted by atomic mass is 35.5. The predicted molar refractivity (Wildman–Crippen MR) is 117 cm³/mol. The topological polar surface area (TPSA) is 85.9 Å². The van der Waals surface area contributed by atoms with Crippen LogP contribution < -0.4 is 10.6 Å². The Morgan fingerprint density at radius 1 is 1.28 bits per heavy atom. The summed E-state index contributed by atoms with van der Waals surface area (Å²) in [6.07, 6.45) is 4.31. The van der Waals surface area contributed by atoms with E-state index in [9.17, 15) is 4.79 Å². The molecule has 0 spiro atoms. The van der Waals surface area contributed by atoms with Crippen molar-refractivity contribution in [2.24, 2.45) is 5.92 Å². The van der Waals surface area contributed by atoms with Gasteiger partial charge in [0.25, 0.3) is 0 Å². The summed E-state index contributed by atoms with van der Waals surface area (Å²) in [5, 5.41) is 8.64. The van der Waals surface area contributed by atoms with Gasteiger partial charge in [0.15, 0.2) is 0 Å². The van der Waals surface area contributed by atoms with Crippen molar-refractivity contribution in [3.63, 3.8) is 0 Å². The average molecular weight is 433 g/mol. The molecule has 0 saturated carbocycles. The largest absolute Gasteiger partial charge is 0.376 e. The number of halogens is 2. The molecule has 9 heteroatoms. The summed E-state index contributed by atoms with van der Waals surface area (Å²) < 4.78 is 0. The van der Waals surface area contributed by atoms with Gasteiger partial charge in [-0.1, -0.05) is 30.1 Å². The maximum Gasteiger partial charge on any atom is 0.241 e. The van der Waals surface area contributed by atoms with Crippen LogP contribution >= 0.6 is 23.2 Å². The van der Waals surface area contributed by atoms with Crippen molar-refractivity contribution in [3.05, 3.63) is 46.8 Å². The van der Waals surface area contributed by atoms with Crippen LogP contribution in [-0.4, -0.2) is 51.4 Å². The van der Waals surface area contributed by atoms with Crippen molar-refractivity contribution in [2.45, 2.75) is 19.4 Å². The van der Waals surface area contributed by atoms with Crippen LogP contribution in [-0.2, 0) is 4.79 Å². The van der Waals surface area contributed by atoms with Crippen molar-refractivity contribution in [1.82, 2.24) is 19.9 Å². The van der Waals surface area contributed by atoms with E-state index in [1.54, 1.807) is 18.2 Å². The van der Waals surface area contributed by atoms with E-state index in [0.29, 0.717) is 22.5 Å². The normalized spacial score (nSPS) is 19.3. The third-order valence-electron chi connectivity index (χ3n) is 5.29. The van der Waals surface area contributed by atoms with E-state index in [1.807, 2.05) is 17.2 Å². The fourth-order valence-electron chi connectivity index (χ4n) is 3.59. The molecule has 3 N–H and O–H groups in total. The molecule has 1 amide bonds. The number of amides is 1. The van der Waals surface area contributed by atoms with E-state index in [-0.39, 0.29) is 18.5 Å². The minimum absolute atomic E-state index is 0.0364. The van der Waals surface area contributed by atoms with Gasteiger partial charge in [0, 0.05) is 41.1 Å². The number of H-pyrrole nitrogens is 1. The van der Waals surface area contributed by atoms with Gasteiger partial charge in [-0.15, -0.1) is 0 Å². The molecule has 1 aromatic carbocycles. The first-order chi connectivity index (χ1) is 14.0. The van der Waals surface area contributed by atoms with Crippen molar-refractivity contribution >= 4 is 51.6 Å². The molecular weight excluding hydrogens is 411 g/mol. The van der Waals surface area contributed by atoms with Gasteiger partial charge in [-0.2, -0.15) is 0 Å². The summed E-state index contributed by atoms with van der Waals surface area (Å²) in [6, 6.07) is 7.23. The van der Waals surface area contributed by atoms with Crippen molar-refractivity contribution in [1.29, 1.82) is 0 Å². The van der Waals surface area contributed by atoms with Crippen molar-refractivity contribution < 1.29 is 4.79 Å². The third kappa shape index (κ3) is 4.57. The highest BCUT2D eigenvalue weighted by Crippen LogP contribution is 2.25. The fraction of sp³-hybridized carbons (Fsp3) is 0.350. The van der Waals surface area contributed by atoms with Gasteiger partial charge in [-0.3, -0.25) is 4.79 Å². The number of carbonyl (C=O) groups excluding carboxylic acids is 1. The number of benzene rings is 1. The van der Waals surface area contributed by atoms with E-state index in [0.717, 1.165) is 35.5 Å². The molecule has 0 aliphatic carbocycles. The smallest absolute Gasteiger partial charge is 0.241 e. The molecule has 4 rings (SSSR count). The molecule has 29 heavy (non-hydrogen) atoms. The van der Waals surface area contributed by atoms with E-state index < -0.39 is 0 Å². The number of hydrogen-bond acceptors (Lipinski definition) is 5. The predicted octanol–water partition coefficient (Wildman–Crippen LogP) is 4.03. The molecule has 152 valence electrons. The molecule has 0 unspecified atom stereocenters. The zero-order valence-electron chi connectivity index (χ0n) is 16.0. The Morgan fingerprint density at radius 2 is 2.07 bits per heavy atom. The number of piperidine rings is 1. The van der Waals surface area contributed by atoms with E-state index in [2.05, 4.69) is 32.5 Å². The number of nitrogens with one attached hydrogen (secondary N) is 3. The van der Waals surface area contributed by atoms with Crippen molar-refractivity contribution in [2.75, 3.05) is 30.3 Å². The van der Waals surface area contributed by atoms with Gasteiger partial charge < -0.3 is 20.5 Å². The van der Waals surface area contributed by atoms with Gasteiger partial charge in [-0.05, 0) is 36.6 Å². The number of nitrogens with zero attached hydrogens (tertiary/aromatic N) is 3. The minimum Gasteiger partial charge on any atom is -0.376 e. The van der Waals surface area contributed by atoms with Crippen LogP contribution in [0.25, 0.3) is 11.0 Å². The first kappa shape index (κ1) is 19.8. The van der Waals surface area contributed by atoms with Crippen LogP contribution in [0.3, 0.4) is 0 Å². The third-order valence-corrected chi connectivity index (χ3v) is 5.73. The summed E-state index contributed by atoms with van der Waals surface area (Å²) in [4.78, 5) is 26.3. The molecule has 1 aliphatic heterocycles. The highest BCUT2D eigenvalue weighted by molar-refractivity contribution is 6.35. The first-order valence-electron chi connectivity index (χ1n) is 9.52. The molecular formula is C20H22Cl2N6O. The summed E-state index contributed by atoms with van der Waals surface area (Å²) in [6.45, 7) is 3.74. The monoisotopic (exact) mass is 432 g/mol. The molecule has 1 aliphatic rings. The second kappa shape index (κ2) is 8.47. The quantitative estimate of drug-likeness (QED) is 0.566. The summed E-state index contributed by atoms with van der Waals surface area (Å²) in [5.41, 5.74) is 1.52. The fourth-order valence-corrected chi connectivity index (χ4v) is 4.12. The molecule has 2 aromatic heterocycles. The molecule has 2 atom stereocenters. The Bertz CT molecular complexity index is 1000. The van der Waals surface area contributed by atoms with Crippen LogP contribution in [0.2, 0.25) is 10.0 Å². The van der Waals surface area contributed by atoms with Crippen LogP contribution in [0, 0.1) is 5.92 Å². The second-order valence-electron chi connectivity index (χ2n) is 7.33. The van der Waals surface area contributed by atoms with E-state index >= 15 is 0 Å². The number of aromatic nitrogens is 3. The number of hydrogen-bond donors (Lipinski definition) is 3. The summed E-state index contributed by atoms with van der Waals surface area (Å²) >= 11 is 12.0. The SMILES string of the molecule is C[C@H]1CCN(C(=O)CNc2cc(Cl)cc(Cl)c2)C[C@H]1Nc1ncnc2[nH]ccc12. The molecule has 3 heterocycles. The molecule has 0 bridgehead atoms. The van der Waals surface area contributed by atoms with E-state index in [1.165, 1.54) is 6.33 Å². The molecule has 0 radical (unpaired) electrons. The maximum absolute atomic E-state index is 12.8. The number of aromatic amines is 1. The zero-order chi connectivity index (χ0) is 20.4. The van der Waals surface area contributed by atoms with Gasteiger partial charge in [0.2, 0.25) is 5.91 Å². The molecule has 7 nitrogen and oxygen atoms in total. The maximum atomic E-state index is 12.8. The Kier molecular flexibility index (Phi) is 5.78. The van der Waals surface area contributed by atoms with Crippen LogP contribution in [0.1, 0.15) is 13.3 Å². The van der Waals surface area contributed by atoms with Crippen molar-refractivity contribution in [3.8, 4) is 0 Å². The molecule has 1 fully saturated rings. The summed E-state index contributed by atoms with van der Waals surface area (Å²) in [7, 11) is 0. The molecule has 1 saturated heterocycles. The minimum atomic E-state index is 0.0364. The van der Waals surface area contributed by atoms with Gasteiger partial charge in [0.05, 0.1) is 11.9 Å². The lowest BCUT2D eigenvalue weighted by atomic mass is 9.93. The second-order valence-corrected chi connectivity index (χ2v) is 8.20. The number of likely N-dealkylation sites (tertiary alicyclic amines) is 1. The lowest BCUT2D eigenvalue weighted by Gasteiger charge is -2.38. The first-order valence-corrected chi connectivity index (χ1v) is 10.3. The lowest BCUT2D eigenvalue weighted by molar-refractivity contribution is -0.130. The van der Waals surface area contributed by atoms with Gasteiger partial charge >= 0.3 is 0 Å². The number of anilines is 2. The zero-order valence-corrected chi connectivity index (χ0v) is 17.5. The lowest BCUT2D eigenvalue weighted by Crippen LogP contribution is -2.50. The Balaban J connectivity index is 1.40. The van der Waals surface area contributed by atoms with E-state index in [4.69, 9.17) is 23.2 Å². The van der Waals surface area contributed by atoms with Gasteiger partial charge in [0.1, 0.15) is 17.8 Å². The van der Waals surface area contributed by atoms with Gasteiger partial charge in [-0.25, -0.2) is 9.97 Å². The standard InChI is InChI=1S/C20H22Cl2N6O/c1-12-3-5-28(18(29)9-24-15-7-13(21)6-14(22)8-15)10-17(12)27-20-16-2-4-23-19(16)25-11-26-20/h2,4,6-8,11-12,17,24H,3,5,9-10H2,1H3,(H2,23,25,26,27)/t12-,17+/m0/s1. The Morgan fingerprint density at radius 3 is 2.86 bits per heavy atom. The number of fused-ring (bicyclic) bond motifs is 1. The average Bonchev–Trinajstić information content (AvgIpc) is 3.17. The Hall–Kier alpha value is -2.51. The highest BCUT2D eigenvalue weighted by Gasteiger charge is 2.29. The van der Waals surface area contributed by atoms with Crippen LogP contribution in [0.15, 0.2) is 36.8 Å². The number of rotatable bonds is 5. The Labute approximate surface area is 178 Å². The van der Waals surface area contributed by atoms with Crippen LogP contribution in [0.4, 0.5) is 11.5 Å². The molecule has 3 aromatic rings. The summed E-state index contributed by atoms with van der Waals surface area (Å²) in [5.74, 6) is 1.24.